The molecule has 6 nitrogen and oxygen atoms in total. The van der Waals surface area contributed by atoms with Crippen LogP contribution in [0.4, 0.5) is 0 Å². The smallest absolute Gasteiger partial charge is 0.323 e. The van der Waals surface area contributed by atoms with E-state index in [4.69, 9.17) is 0 Å². The first-order valence-electron chi connectivity index (χ1n) is 7.84. The number of amides is 1. The van der Waals surface area contributed by atoms with Gasteiger partial charge in [0.2, 0.25) is 5.91 Å². The monoisotopic (exact) mass is 302 g/mol. The molecule has 0 saturated carbocycles. The number of carbonyl (C=O) groups is 1. The maximum Gasteiger partial charge on any atom is 0.323 e. The highest BCUT2D eigenvalue weighted by atomic mass is 16.2. The van der Waals surface area contributed by atoms with Crippen LogP contribution in [0.25, 0.3) is 11.0 Å². The van der Waals surface area contributed by atoms with Crippen molar-refractivity contribution in [3.8, 4) is 0 Å². The highest BCUT2D eigenvalue weighted by Crippen LogP contribution is 2.14. The molecule has 22 heavy (non-hydrogen) atoms. The zero-order chi connectivity index (χ0) is 15.5. The lowest BCUT2D eigenvalue weighted by molar-refractivity contribution is -0.134. The van der Waals surface area contributed by atoms with Crippen LogP contribution in [-0.4, -0.2) is 46.5 Å². The van der Waals surface area contributed by atoms with E-state index in [-0.39, 0.29) is 17.6 Å². The Kier molecular flexibility index (Phi) is 4.29. The van der Waals surface area contributed by atoms with Crippen molar-refractivity contribution >= 4 is 16.9 Å². The van der Waals surface area contributed by atoms with E-state index in [0.29, 0.717) is 6.42 Å². The number of aromatic nitrogens is 2. The molecule has 1 aromatic heterocycles. The number of H-pyrrole nitrogens is 2. The standard InChI is InChI=1S/C16H22N4O2/c1-11-10-17-7-8-20(11)15(21)4-2-3-12-5-6-13-14(9-12)19-16(22)18-13/h5-6,9,11,17H,2-4,7-8,10H2,1H3,(H2,18,19,22)/t11-/m1/s1. The molecule has 1 atom stereocenters. The van der Waals surface area contributed by atoms with Gasteiger partial charge in [0.05, 0.1) is 11.0 Å². The number of aryl methyl sites for hydroxylation is 1. The zero-order valence-electron chi connectivity index (χ0n) is 12.8. The summed E-state index contributed by atoms with van der Waals surface area (Å²) in [5, 5.41) is 3.29. The second kappa shape index (κ2) is 6.36. The van der Waals surface area contributed by atoms with Crippen molar-refractivity contribution in [1.82, 2.24) is 20.2 Å². The van der Waals surface area contributed by atoms with Crippen LogP contribution in [0.5, 0.6) is 0 Å². The Bertz CT molecular complexity index is 718. The molecule has 1 saturated heterocycles. The van der Waals surface area contributed by atoms with Crippen LogP contribution in [0.1, 0.15) is 25.3 Å². The Morgan fingerprint density at radius 1 is 1.32 bits per heavy atom. The molecule has 0 unspecified atom stereocenters. The van der Waals surface area contributed by atoms with Gasteiger partial charge >= 0.3 is 5.69 Å². The summed E-state index contributed by atoms with van der Waals surface area (Å²) in [6, 6.07) is 6.17. The lowest BCUT2D eigenvalue weighted by Gasteiger charge is -2.34. The van der Waals surface area contributed by atoms with E-state index in [2.05, 4.69) is 22.2 Å². The van der Waals surface area contributed by atoms with Crippen LogP contribution in [0.2, 0.25) is 0 Å². The molecule has 1 aliphatic heterocycles. The minimum atomic E-state index is -0.185. The van der Waals surface area contributed by atoms with Crippen LogP contribution >= 0.6 is 0 Å². The highest BCUT2D eigenvalue weighted by Gasteiger charge is 2.22. The molecular formula is C16H22N4O2. The van der Waals surface area contributed by atoms with E-state index in [0.717, 1.165) is 49.1 Å². The van der Waals surface area contributed by atoms with E-state index in [1.807, 2.05) is 23.1 Å². The Morgan fingerprint density at radius 2 is 2.14 bits per heavy atom. The fourth-order valence-electron chi connectivity index (χ4n) is 3.03. The van der Waals surface area contributed by atoms with Crippen LogP contribution in [-0.2, 0) is 11.2 Å². The molecule has 1 fully saturated rings. The molecule has 0 radical (unpaired) electrons. The van der Waals surface area contributed by atoms with Gasteiger partial charge in [-0.1, -0.05) is 6.07 Å². The van der Waals surface area contributed by atoms with Crippen LogP contribution < -0.4 is 11.0 Å². The molecule has 0 bridgehead atoms. The maximum atomic E-state index is 12.3. The van der Waals surface area contributed by atoms with Crippen molar-refractivity contribution in [1.29, 1.82) is 0 Å². The molecule has 1 aliphatic rings. The van der Waals surface area contributed by atoms with Gasteiger partial charge in [-0.25, -0.2) is 4.79 Å². The quantitative estimate of drug-likeness (QED) is 0.788. The first-order valence-corrected chi connectivity index (χ1v) is 7.84. The lowest BCUT2D eigenvalue weighted by atomic mass is 10.1. The summed E-state index contributed by atoms with van der Waals surface area (Å²) < 4.78 is 0. The highest BCUT2D eigenvalue weighted by molar-refractivity contribution is 5.77. The van der Waals surface area contributed by atoms with Gasteiger partial charge in [-0.15, -0.1) is 0 Å². The van der Waals surface area contributed by atoms with Crippen LogP contribution in [0, 0.1) is 0 Å². The van der Waals surface area contributed by atoms with E-state index in [1.54, 1.807) is 0 Å². The number of nitrogens with one attached hydrogen (secondary N) is 3. The third kappa shape index (κ3) is 3.22. The largest absolute Gasteiger partial charge is 0.337 e. The second-order valence-electron chi connectivity index (χ2n) is 5.95. The molecule has 1 amide bonds. The van der Waals surface area contributed by atoms with Crippen molar-refractivity contribution in [2.45, 2.75) is 32.2 Å². The second-order valence-corrected chi connectivity index (χ2v) is 5.95. The van der Waals surface area contributed by atoms with E-state index >= 15 is 0 Å². The Labute approximate surface area is 128 Å². The maximum absolute atomic E-state index is 12.3. The summed E-state index contributed by atoms with van der Waals surface area (Å²) in [5.74, 6) is 0.241. The van der Waals surface area contributed by atoms with Crippen molar-refractivity contribution in [3.05, 3.63) is 34.2 Å². The van der Waals surface area contributed by atoms with Gasteiger partial charge in [-0.2, -0.15) is 0 Å². The summed E-state index contributed by atoms with van der Waals surface area (Å²) >= 11 is 0. The van der Waals surface area contributed by atoms with E-state index in [1.165, 1.54) is 0 Å². The molecule has 0 aliphatic carbocycles. The molecule has 0 spiro atoms. The van der Waals surface area contributed by atoms with Gasteiger partial charge in [-0.05, 0) is 37.5 Å². The summed E-state index contributed by atoms with van der Waals surface area (Å²) in [7, 11) is 0. The number of carbonyl (C=O) groups excluding carboxylic acids is 1. The third-order valence-electron chi connectivity index (χ3n) is 4.26. The van der Waals surface area contributed by atoms with Gasteiger partial charge in [-0.3, -0.25) is 4.79 Å². The molecular weight excluding hydrogens is 280 g/mol. The van der Waals surface area contributed by atoms with Gasteiger partial charge in [0.1, 0.15) is 0 Å². The number of hydrogen-bond acceptors (Lipinski definition) is 3. The summed E-state index contributed by atoms with van der Waals surface area (Å²) in [6.07, 6.45) is 2.25. The lowest BCUT2D eigenvalue weighted by Crippen LogP contribution is -2.52. The normalized spacial score (nSPS) is 18.8. The number of benzene rings is 1. The first kappa shape index (κ1) is 14.8. The minimum Gasteiger partial charge on any atom is -0.337 e. The Hall–Kier alpha value is -2.08. The topological polar surface area (TPSA) is 81.0 Å². The van der Waals surface area contributed by atoms with Crippen molar-refractivity contribution in [2.24, 2.45) is 0 Å². The predicted molar refractivity (Wildman–Crippen MR) is 85.9 cm³/mol. The number of piperazine rings is 1. The van der Waals surface area contributed by atoms with Gasteiger partial charge in [0.25, 0.3) is 0 Å². The van der Waals surface area contributed by atoms with Crippen molar-refractivity contribution in [3.63, 3.8) is 0 Å². The summed E-state index contributed by atoms with van der Waals surface area (Å²) in [4.78, 5) is 31.0. The molecule has 1 aromatic carbocycles. The molecule has 6 heteroatoms. The fourth-order valence-corrected chi connectivity index (χ4v) is 3.03. The molecule has 2 heterocycles. The number of nitrogens with zero attached hydrogens (tertiary/aromatic N) is 1. The first-order chi connectivity index (χ1) is 10.6. The SMILES string of the molecule is C[C@@H]1CNCCN1C(=O)CCCc1ccc2[nH]c(=O)[nH]c2c1. The fraction of sp³-hybridized carbons (Fsp3) is 0.500. The number of imidazole rings is 1. The Balaban J connectivity index is 1.55. The predicted octanol–water partition coefficient (Wildman–Crippen LogP) is 0.999. The third-order valence-corrected chi connectivity index (χ3v) is 4.26. The molecule has 3 N–H and O–H groups in total. The molecule has 2 aromatic rings. The molecule has 118 valence electrons. The zero-order valence-corrected chi connectivity index (χ0v) is 12.8. The Morgan fingerprint density at radius 3 is 2.95 bits per heavy atom. The number of aromatic amines is 2. The van der Waals surface area contributed by atoms with Gasteiger partial charge in [0, 0.05) is 32.1 Å². The average Bonchev–Trinajstić information content (AvgIpc) is 2.87. The molecule has 3 rings (SSSR count). The van der Waals surface area contributed by atoms with Gasteiger partial charge < -0.3 is 20.2 Å². The van der Waals surface area contributed by atoms with Crippen molar-refractivity contribution in [2.75, 3.05) is 19.6 Å². The number of fused-ring (bicyclic) bond motifs is 1. The average molecular weight is 302 g/mol. The minimum absolute atomic E-state index is 0.185. The van der Waals surface area contributed by atoms with E-state index in [9.17, 15) is 9.59 Å². The summed E-state index contributed by atoms with van der Waals surface area (Å²) in [5.41, 5.74) is 2.60. The van der Waals surface area contributed by atoms with Crippen molar-refractivity contribution < 1.29 is 4.79 Å². The van der Waals surface area contributed by atoms with E-state index < -0.39 is 0 Å². The van der Waals surface area contributed by atoms with Crippen LogP contribution in [0.3, 0.4) is 0 Å². The number of rotatable bonds is 4. The van der Waals surface area contributed by atoms with Gasteiger partial charge in [0.15, 0.2) is 0 Å². The number of hydrogen-bond donors (Lipinski definition) is 3. The summed E-state index contributed by atoms with van der Waals surface area (Å²) in [6.45, 7) is 4.65. The van der Waals surface area contributed by atoms with Crippen LogP contribution in [0.15, 0.2) is 23.0 Å².